The summed E-state index contributed by atoms with van der Waals surface area (Å²) in [6.45, 7) is 10.6. The van der Waals surface area contributed by atoms with Crippen LogP contribution < -0.4 is 5.32 Å². The minimum atomic E-state index is -1.11. The molecule has 1 N–H and O–H groups in total. The molecule has 1 amide bonds. The second-order valence-corrected chi connectivity index (χ2v) is 10.7. The van der Waals surface area contributed by atoms with E-state index in [0.29, 0.717) is 6.16 Å². The van der Waals surface area contributed by atoms with E-state index in [1.807, 2.05) is 26.0 Å². The molecule has 0 aromatic heterocycles. The van der Waals surface area contributed by atoms with Gasteiger partial charge in [0.1, 0.15) is 6.16 Å². The predicted molar refractivity (Wildman–Crippen MR) is 93.0 cm³/mol. The molecule has 0 bridgehead atoms. The van der Waals surface area contributed by atoms with Crippen LogP contribution in [0.25, 0.3) is 0 Å². The molecule has 0 spiro atoms. The van der Waals surface area contributed by atoms with E-state index in [4.69, 9.17) is 11.6 Å². The fourth-order valence-corrected chi connectivity index (χ4v) is 5.63. The molecular formula is C16H26ClNOPY+. The summed E-state index contributed by atoms with van der Waals surface area (Å²) in [6.07, 6.45) is 4.13. The van der Waals surface area contributed by atoms with Crippen LogP contribution in [0.5, 0.6) is 0 Å². The molecule has 0 fully saturated rings. The van der Waals surface area contributed by atoms with Gasteiger partial charge in [-0.2, -0.15) is 0 Å². The Kier molecular flexibility index (Phi) is 9.84. The minimum Gasteiger partial charge on any atom is -0.322 e. The molecule has 0 heterocycles. The molecule has 21 heavy (non-hydrogen) atoms. The number of hydrogen-bond donors (Lipinski definition) is 1. The van der Waals surface area contributed by atoms with Crippen LogP contribution in [0, 0.1) is 13.8 Å². The molecule has 0 aliphatic heterocycles. The average Bonchev–Trinajstić information content (AvgIpc) is 2.40. The van der Waals surface area contributed by atoms with E-state index >= 15 is 0 Å². The molecule has 5 heteroatoms. The van der Waals surface area contributed by atoms with Gasteiger partial charge in [0, 0.05) is 50.7 Å². The van der Waals surface area contributed by atoms with Crippen LogP contribution >= 0.6 is 18.9 Å². The second-order valence-electron chi connectivity index (χ2n) is 5.41. The SMILES string of the molecule is CC[P+](CC)(CC)CC(=O)Nc1c(C)cc(Cl)cc1C.[Y]. The number of aryl methyl sites for hydroxylation is 2. The van der Waals surface area contributed by atoms with E-state index in [-0.39, 0.29) is 38.6 Å². The average molecular weight is 404 g/mol. The first-order valence-corrected chi connectivity index (χ1v) is 10.2. The summed E-state index contributed by atoms with van der Waals surface area (Å²) in [4.78, 5) is 12.4. The summed E-state index contributed by atoms with van der Waals surface area (Å²) in [5.74, 6) is 0.150. The Morgan fingerprint density at radius 1 is 1.10 bits per heavy atom. The third-order valence-corrected chi connectivity index (χ3v) is 9.45. The summed E-state index contributed by atoms with van der Waals surface area (Å²) < 4.78 is 0. The van der Waals surface area contributed by atoms with Crippen molar-refractivity contribution >= 4 is 30.5 Å². The van der Waals surface area contributed by atoms with Crippen LogP contribution in [-0.4, -0.2) is 30.6 Å². The van der Waals surface area contributed by atoms with Gasteiger partial charge < -0.3 is 5.32 Å². The summed E-state index contributed by atoms with van der Waals surface area (Å²) >= 11 is 6.03. The van der Waals surface area contributed by atoms with Gasteiger partial charge in [-0.1, -0.05) is 11.6 Å². The van der Waals surface area contributed by atoms with Crippen molar-refractivity contribution in [2.24, 2.45) is 0 Å². The number of carbonyl (C=O) groups excluding carboxylic acids is 1. The van der Waals surface area contributed by atoms with Crippen molar-refractivity contribution in [1.29, 1.82) is 0 Å². The van der Waals surface area contributed by atoms with Crippen LogP contribution in [0.15, 0.2) is 12.1 Å². The zero-order chi connectivity index (χ0) is 15.3. The maximum absolute atomic E-state index is 12.4. The van der Waals surface area contributed by atoms with E-state index < -0.39 is 7.26 Å². The Hall–Kier alpha value is 0.514. The van der Waals surface area contributed by atoms with Gasteiger partial charge in [0.15, 0.2) is 0 Å². The molecule has 2 nitrogen and oxygen atoms in total. The molecule has 0 saturated heterocycles. The van der Waals surface area contributed by atoms with Crippen LogP contribution in [0.3, 0.4) is 0 Å². The van der Waals surface area contributed by atoms with Crippen molar-refractivity contribution in [2.75, 3.05) is 30.0 Å². The molecule has 0 aliphatic carbocycles. The van der Waals surface area contributed by atoms with Gasteiger partial charge in [-0.3, -0.25) is 4.79 Å². The number of hydrogen-bond acceptors (Lipinski definition) is 1. The normalized spacial score (nSPS) is 11.0. The summed E-state index contributed by atoms with van der Waals surface area (Å²) in [5.41, 5.74) is 2.97. The molecule has 1 aromatic carbocycles. The van der Waals surface area contributed by atoms with Crippen molar-refractivity contribution in [1.82, 2.24) is 0 Å². The standard InChI is InChI=1S/C16H25ClNOP.Y/c1-6-20(7-2,8-3)11-15(19)18-16-12(4)9-14(17)10-13(16)5;/h9-10H,6-8,11H2,1-5H3;/p+1. The monoisotopic (exact) mass is 403 g/mol. The third-order valence-electron chi connectivity index (χ3n) is 4.25. The number of rotatable bonds is 6. The Morgan fingerprint density at radius 3 is 1.90 bits per heavy atom. The Balaban J connectivity index is 0.00000400. The van der Waals surface area contributed by atoms with Gasteiger partial charge in [-0.05, 0) is 57.9 Å². The van der Waals surface area contributed by atoms with Crippen LogP contribution in [0.4, 0.5) is 5.69 Å². The molecular weight excluding hydrogens is 378 g/mol. The molecule has 1 radical (unpaired) electrons. The maximum atomic E-state index is 12.4. The van der Waals surface area contributed by atoms with Crippen molar-refractivity contribution < 1.29 is 37.5 Å². The van der Waals surface area contributed by atoms with Crippen LogP contribution in [-0.2, 0) is 37.5 Å². The Labute approximate surface area is 160 Å². The maximum Gasteiger partial charge on any atom is 0.261 e. The van der Waals surface area contributed by atoms with Gasteiger partial charge in [-0.15, -0.1) is 0 Å². The smallest absolute Gasteiger partial charge is 0.261 e. The number of carbonyl (C=O) groups is 1. The van der Waals surface area contributed by atoms with Gasteiger partial charge in [0.2, 0.25) is 0 Å². The number of nitrogens with one attached hydrogen (secondary N) is 1. The summed E-state index contributed by atoms with van der Waals surface area (Å²) in [7, 11) is -1.11. The van der Waals surface area contributed by atoms with E-state index in [1.165, 1.54) is 0 Å². The minimum absolute atomic E-state index is 0. The first-order chi connectivity index (χ1) is 9.37. The van der Waals surface area contributed by atoms with Crippen molar-refractivity contribution in [3.05, 3.63) is 28.3 Å². The van der Waals surface area contributed by atoms with Crippen molar-refractivity contribution in [3.8, 4) is 0 Å². The van der Waals surface area contributed by atoms with E-state index in [1.54, 1.807) is 0 Å². The molecule has 0 atom stereocenters. The quantitative estimate of drug-likeness (QED) is 0.668. The molecule has 0 unspecified atom stereocenters. The predicted octanol–water partition coefficient (Wildman–Crippen LogP) is 4.97. The summed E-state index contributed by atoms with van der Waals surface area (Å²) in [6, 6.07) is 3.79. The topological polar surface area (TPSA) is 29.1 Å². The third kappa shape index (κ3) is 5.90. The van der Waals surface area contributed by atoms with Crippen molar-refractivity contribution in [2.45, 2.75) is 34.6 Å². The van der Waals surface area contributed by atoms with Gasteiger partial charge >= 0.3 is 0 Å². The first-order valence-electron chi connectivity index (χ1n) is 7.29. The van der Waals surface area contributed by atoms with Crippen LogP contribution in [0.2, 0.25) is 5.02 Å². The Bertz CT molecular complexity index is 458. The number of amides is 1. The van der Waals surface area contributed by atoms with Crippen molar-refractivity contribution in [3.63, 3.8) is 0 Å². The number of benzene rings is 1. The zero-order valence-electron chi connectivity index (χ0n) is 13.8. The van der Waals surface area contributed by atoms with E-state index in [9.17, 15) is 4.79 Å². The Morgan fingerprint density at radius 2 is 1.52 bits per heavy atom. The number of halogens is 1. The van der Waals surface area contributed by atoms with Crippen LogP contribution in [0.1, 0.15) is 31.9 Å². The van der Waals surface area contributed by atoms with Gasteiger partial charge in [0.25, 0.3) is 5.91 Å². The molecule has 115 valence electrons. The molecule has 0 saturated carbocycles. The van der Waals surface area contributed by atoms with E-state index in [0.717, 1.165) is 40.3 Å². The van der Waals surface area contributed by atoms with Gasteiger partial charge in [-0.25, -0.2) is 0 Å². The largest absolute Gasteiger partial charge is 0.322 e. The second kappa shape index (κ2) is 9.61. The first kappa shape index (κ1) is 21.5. The molecule has 1 rings (SSSR count). The summed E-state index contributed by atoms with van der Waals surface area (Å²) in [5, 5.41) is 3.81. The fraction of sp³-hybridized carbons (Fsp3) is 0.562. The fourth-order valence-electron chi connectivity index (χ4n) is 2.60. The zero-order valence-corrected chi connectivity index (χ0v) is 18.3. The molecule has 1 aromatic rings. The van der Waals surface area contributed by atoms with E-state index in [2.05, 4.69) is 26.1 Å². The molecule has 0 aliphatic rings. The van der Waals surface area contributed by atoms with Gasteiger partial charge in [0.05, 0.1) is 18.5 Å². The number of anilines is 1.